The Balaban J connectivity index is 2.31. The van der Waals surface area contributed by atoms with Crippen LogP contribution in [0.2, 0.25) is 0 Å². The summed E-state index contributed by atoms with van der Waals surface area (Å²) in [5.74, 6) is -17.1. The molecule has 23 heteroatoms. The van der Waals surface area contributed by atoms with Crippen molar-refractivity contribution in [2.45, 2.75) is 50.0 Å². The molecule has 1 aliphatic heterocycles. The van der Waals surface area contributed by atoms with Crippen LogP contribution in [0.5, 0.6) is 0 Å². The number of alkyl halides is 9. The largest absolute Gasteiger partial charge is 0.513 e. The second-order valence-corrected chi connectivity index (χ2v) is 11.5. The van der Waals surface area contributed by atoms with E-state index >= 15 is 0 Å². The Kier molecular flexibility index (Phi) is 11.4. The van der Waals surface area contributed by atoms with Crippen molar-refractivity contribution in [3.05, 3.63) is 62.9 Å². The first kappa shape index (κ1) is 38.9. The molecular weight excluding hydrogens is 693 g/mol. The van der Waals surface area contributed by atoms with Crippen LogP contribution in [-0.2, 0) is 29.0 Å². The smallest absolute Gasteiger partial charge is 0.434 e. The Bertz CT molecular complexity index is 1560. The molecule has 1 unspecified atom stereocenters. The zero-order chi connectivity index (χ0) is 36.3. The van der Waals surface area contributed by atoms with E-state index in [1.54, 1.807) is 0 Å². The van der Waals surface area contributed by atoms with E-state index in [1.165, 1.54) is 32.9 Å². The summed E-state index contributed by atoms with van der Waals surface area (Å²) in [7, 11) is -6.86. The van der Waals surface area contributed by atoms with Gasteiger partial charge in [-0.15, -0.1) is 0 Å². The maximum Gasteiger partial charge on any atom is 0.513 e. The predicted octanol–water partition coefficient (Wildman–Crippen LogP) is 5.76. The molecule has 0 aliphatic carbocycles. The fraction of sp³-hybridized carbons (Fsp3) is 0.500. The minimum absolute atomic E-state index is 0.00569. The van der Waals surface area contributed by atoms with Crippen LogP contribution in [0.3, 0.4) is 0 Å². The molecule has 1 heterocycles. The van der Waals surface area contributed by atoms with Gasteiger partial charge in [-0.05, 0) is 26.3 Å². The van der Waals surface area contributed by atoms with Crippen LogP contribution in [0.25, 0.3) is 0 Å². The Labute approximate surface area is 259 Å². The average molecular weight is 718 g/mol. The minimum Gasteiger partial charge on any atom is -0.434 e. The Hall–Kier alpha value is -4.28. The summed E-state index contributed by atoms with van der Waals surface area (Å²) in [5, 5.41) is 7.05. The van der Waals surface area contributed by atoms with E-state index in [2.05, 4.69) is 10.1 Å². The van der Waals surface area contributed by atoms with E-state index in [9.17, 15) is 67.6 Å². The van der Waals surface area contributed by atoms with E-state index < -0.39 is 85.4 Å². The van der Waals surface area contributed by atoms with Crippen LogP contribution in [0, 0.1) is 10.1 Å². The van der Waals surface area contributed by atoms with Gasteiger partial charge in [0.05, 0.1) is 22.9 Å². The van der Waals surface area contributed by atoms with Gasteiger partial charge in [0.2, 0.25) is 0 Å². The van der Waals surface area contributed by atoms with Crippen molar-refractivity contribution in [1.29, 1.82) is 0 Å². The quantitative estimate of drug-likeness (QED) is 0.121. The number of ether oxygens (including phenoxy) is 4. The van der Waals surface area contributed by atoms with Crippen molar-refractivity contribution in [3.63, 3.8) is 0 Å². The zero-order valence-electron chi connectivity index (χ0n) is 24.3. The normalized spacial score (nSPS) is 16.5. The number of nitrogens with zero attached hydrogens (tertiary/aromatic N) is 2. The number of nitro benzene ring substituents is 1. The number of hydrogen-bond acceptors (Lipinski definition) is 11. The molecule has 0 bridgehead atoms. The lowest BCUT2D eigenvalue weighted by Crippen LogP contribution is -2.65. The first-order chi connectivity index (χ1) is 21.3. The molecule has 47 heavy (non-hydrogen) atoms. The molecule has 0 aromatic heterocycles. The van der Waals surface area contributed by atoms with Gasteiger partial charge in [-0.25, -0.2) is 18.0 Å². The van der Waals surface area contributed by atoms with Gasteiger partial charge in [-0.1, -0.05) is 12.1 Å². The fourth-order valence-corrected chi connectivity index (χ4v) is 4.96. The van der Waals surface area contributed by atoms with Crippen LogP contribution >= 0.6 is 0 Å². The SMILES string of the molecule is CCOC(=O)OC1=C(C)NC(C)=C(OC(=O)OCCN(C)S(=O)(=O)C(F)(F)C(F)(F)C(F)(F)C(F)(F)F)C1c1cccc([N+](=O)[O-])c1. The summed E-state index contributed by atoms with van der Waals surface area (Å²) in [4.78, 5) is 35.2. The van der Waals surface area contributed by atoms with Gasteiger partial charge in [0.1, 0.15) is 24.0 Å². The summed E-state index contributed by atoms with van der Waals surface area (Å²) in [6, 6.07) is 4.67. The molecule has 0 saturated carbocycles. The number of likely N-dealkylation sites (N-methyl/N-ethyl adjacent to an activating group) is 1. The molecule has 1 aromatic carbocycles. The lowest BCUT2D eigenvalue weighted by Gasteiger charge is -2.34. The third-order valence-corrected chi connectivity index (χ3v) is 8.09. The standard InChI is InChI=1S/C24H24F9N3O10S/c1-5-43-19(37)45-17-12(2)34-13(3)18(16(17)14-7-6-8-15(11-14)36(39)40)46-20(38)44-10-9-35(4)47(41,42)24(32,33)22(27,28)21(25,26)23(29,30)31/h6-8,11,16,34H,5,9-10H2,1-4H3. The highest BCUT2D eigenvalue weighted by Crippen LogP contribution is 2.55. The number of carbonyl (C=O) groups excluding carboxylic acids is 2. The van der Waals surface area contributed by atoms with Crippen molar-refractivity contribution in [2.75, 3.05) is 26.8 Å². The number of hydrogen-bond donors (Lipinski definition) is 1. The van der Waals surface area contributed by atoms with Gasteiger partial charge >= 0.3 is 35.6 Å². The van der Waals surface area contributed by atoms with Gasteiger partial charge in [0.15, 0.2) is 0 Å². The minimum atomic E-state index is -7.48. The number of nitrogens with one attached hydrogen (secondary N) is 1. The predicted molar refractivity (Wildman–Crippen MR) is 137 cm³/mol. The second-order valence-electron chi connectivity index (χ2n) is 9.36. The van der Waals surface area contributed by atoms with Crippen LogP contribution in [0.4, 0.5) is 54.8 Å². The summed E-state index contributed by atoms with van der Waals surface area (Å²) >= 11 is 0. The number of rotatable bonds is 12. The fourth-order valence-electron chi connectivity index (χ4n) is 3.80. The topological polar surface area (TPSA) is 164 Å². The van der Waals surface area contributed by atoms with Crippen LogP contribution in [0.1, 0.15) is 32.3 Å². The van der Waals surface area contributed by atoms with Gasteiger partial charge in [0, 0.05) is 25.7 Å². The highest BCUT2D eigenvalue weighted by Gasteiger charge is 2.85. The molecular formula is C24H24F9N3O10S. The molecule has 264 valence electrons. The summed E-state index contributed by atoms with van der Waals surface area (Å²) in [6.07, 6.45) is -10.3. The summed E-state index contributed by atoms with van der Waals surface area (Å²) < 4.78 is 162. The van der Waals surface area contributed by atoms with E-state index in [1.807, 2.05) is 0 Å². The first-order valence-electron chi connectivity index (χ1n) is 12.6. The molecule has 0 spiro atoms. The maximum absolute atomic E-state index is 14.1. The first-order valence-corrected chi connectivity index (χ1v) is 14.1. The monoisotopic (exact) mass is 717 g/mol. The third-order valence-electron chi connectivity index (χ3n) is 6.18. The molecule has 0 saturated heterocycles. The number of sulfonamides is 1. The van der Waals surface area contributed by atoms with E-state index in [0.29, 0.717) is 0 Å². The molecule has 13 nitrogen and oxygen atoms in total. The van der Waals surface area contributed by atoms with Gasteiger partial charge in [-0.2, -0.15) is 43.8 Å². The van der Waals surface area contributed by atoms with Crippen molar-refractivity contribution in [1.82, 2.24) is 9.62 Å². The van der Waals surface area contributed by atoms with Crippen molar-refractivity contribution in [3.8, 4) is 0 Å². The van der Waals surface area contributed by atoms with Crippen LogP contribution in [-0.4, -0.2) is 80.0 Å². The second kappa shape index (κ2) is 13.8. The molecule has 0 fully saturated rings. The highest BCUT2D eigenvalue weighted by molar-refractivity contribution is 7.90. The van der Waals surface area contributed by atoms with Crippen molar-refractivity contribution < 1.29 is 81.4 Å². The van der Waals surface area contributed by atoms with E-state index in [-0.39, 0.29) is 36.4 Å². The van der Waals surface area contributed by atoms with E-state index in [0.717, 1.165) is 12.1 Å². The average Bonchev–Trinajstić information content (AvgIpc) is 2.94. The Morgan fingerprint density at radius 3 is 1.91 bits per heavy atom. The van der Waals surface area contributed by atoms with Gasteiger partial charge in [0.25, 0.3) is 15.7 Å². The molecule has 2 rings (SSSR count). The Morgan fingerprint density at radius 2 is 1.45 bits per heavy atom. The maximum atomic E-state index is 14.1. The molecule has 1 aliphatic rings. The summed E-state index contributed by atoms with van der Waals surface area (Å²) in [6.45, 7) is 1.23. The van der Waals surface area contributed by atoms with E-state index in [4.69, 9.17) is 14.2 Å². The van der Waals surface area contributed by atoms with Crippen molar-refractivity contribution in [2.24, 2.45) is 0 Å². The third kappa shape index (κ3) is 7.66. The number of non-ortho nitro benzene ring substituents is 1. The zero-order valence-corrected chi connectivity index (χ0v) is 25.1. The van der Waals surface area contributed by atoms with Gasteiger partial charge < -0.3 is 24.3 Å². The van der Waals surface area contributed by atoms with Crippen LogP contribution in [0.15, 0.2) is 47.2 Å². The lowest BCUT2D eigenvalue weighted by molar-refractivity contribution is -0.384. The summed E-state index contributed by atoms with van der Waals surface area (Å²) in [5.41, 5.74) is -0.299. The molecule has 0 amide bonds. The van der Waals surface area contributed by atoms with Gasteiger partial charge in [-0.3, -0.25) is 10.1 Å². The van der Waals surface area contributed by atoms with Crippen molar-refractivity contribution >= 4 is 28.0 Å². The number of dihydropyridines is 1. The number of nitro groups is 1. The molecule has 1 aromatic rings. The number of benzene rings is 1. The number of allylic oxidation sites excluding steroid dienone is 2. The molecule has 1 atom stereocenters. The molecule has 1 N–H and O–H groups in total. The Morgan fingerprint density at radius 1 is 0.936 bits per heavy atom. The lowest BCUT2D eigenvalue weighted by atomic mass is 9.90. The number of halogens is 9. The number of carbonyl (C=O) groups is 2. The highest BCUT2D eigenvalue weighted by atomic mass is 32.2. The van der Waals surface area contributed by atoms with Crippen LogP contribution < -0.4 is 5.32 Å². The molecule has 0 radical (unpaired) electrons.